The van der Waals surface area contributed by atoms with Crippen molar-refractivity contribution < 1.29 is 9.21 Å². The Morgan fingerprint density at radius 2 is 1.60 bits per heavy atom. The van der Waals surface area contributed by atoms with E-state index in [0.717, 1.165) is 37.1 Å². The number of rotatable bonds is 7. The predicted octanol–water partition coefficient (Wildman–Crippen LogP) is 4.46. The molecule has 156 valence electrons. The van der Waals surface area contributed by atoms with Gasteiger partial charge in [0.25, 0.3) is 0 Å². The van der Waals surface area contributed by atoms with E-state index in [4.69, 9.17) is 4.42 Å². The molecule has 1 aliphatic rings. The minimum absolute atomic E-state index is 0.0460. The quantitative estimate of drug-likeness (QED) is 0.629. The number of benzene rings is 2. The number of hydrogen-bond donors (Lipinski definition) is 1. The van der Waals surface area contributed by atoms with Crippen molar-refractivity contribution in [2.75, 3.05) is 18.0 Å². The van der Waals surface area contributed by atoms with Gasteiger partial charge in [-0.25, -0.2) is 0 Å². The van der Waals surface area contributed by atoms with Gasteiger partial charge in [-0.3, -0.25) is 4.79 Å². The summed E-state index contributed by atoms with van der Waals surface area (Å²) in [4.78, 5) is 15.4. The van der Waals surface area contributed by atoms with Gasteiger partial charge in [0.05, 0.1) is 5.92 Å². The minimum atomic E-state index is -0.484. The lowest BCUT2D eigenvalue weighted by Crippen LogP contribution is -2.33. The summed E-state index contributed by atoms with van der Waals surface area (Å²) in [5, 5.41) is 11.7. The van der Waals surface area contributed by atoms with Crippen LogP contribution < -0.4 is 10.2 Å². The molecule has 0 aliphatic carbocycles. The molecule has 3 aromatic rings. The molecule has 1 N–H and O–H groups in total. The van der Waals surface area contributed by atoms with Crippen molar-refractivity contribution in [2.45, 2.75) is 44.6 Å². The van der Waals surface area contributed by atoms with E-state index in [-0.39, 0.29) is 11.8 Å². The summed E-state index contributed by atoms with van der Waals surface area (Å²) < 4.78 is 6.05. The number of hydrogen-bond acceptors (Lipinski definition) is 5. The predicted molar refractivity (Wildman–Crippen MR) is 116 cm³/mol. The molecule has 1 fully saturated rings. The first-order chi connectivity index (χ1) is 14.8. The molecule has 2 heterocycles. The van der Waals surface area contributed by atoms with Gasteiger partial charge in [0.2, 0.25) is 11.8 Å². The fraction of sp³-hybridized carbons (Fsp3) is 0.375. The van der Waals surface area contributed by atoms with Crippen LogP contribution in [-0.2, 0) is 4.79 Å². The lowest BCUT2D eigenvalue weighted by atomic mass is 9.95. The lowest BCUT2D eigenvalue weighted by molar-refractivity contribution is -0.123. The average molecular weight is 405 g/mol. The van der Waals surface area contributed by atoms with Crippen molar-refractivity contribution >= 4 is 11.9 Å². The molecule has 2 aromatic carbocycles. The Hall–Kier alpha value is -3.15. The molecule has 30 heavy (non-hydrogen) atoms. The first-order valence-corrected chi connectivity index (χ1v) is 10.7. The summed E-state index contributed by atoms with van der Waals surface area (Å²) in [7, 11) is 0. The van der Waals surface area contributed by atoms with Crippen LogP contribution in [0.3, 0.4) is 0 Å². The van der Waals surface area contributed by atoms with E-state index in [1.54, 1.807) is 0 Å². The maximum Gasteiger partial charge on any atom is 0.318 e. The lowest BCUT2D eigenvalue weighted by Gasteiger charge is -2.24. The van der Waals surface area contributed by atoms with Gasteiger partial charge in [0.1, 0.15) is 6.04 Å². The van der Waals surface area contributed by atoms with Crippen LogP contribution >= 0.6 is 0 Å². The second-order valence-corrected chi connectivity index (χ2v) is 7.69. The summed E-state index contributed by atoms with van der Waals surface area (Å²) in [6.07, 6.45) is 4.20. The highest BCUT2D eigenvalue weighted by Crippen LogP contribution is 2.27. The number of carbonyl (C=O) groups excluding carboxylic acids is 1. The number of piperidine rings is 1. The zero-order valence-electron chi connectivity index (χ0n) is 17.3. The molecule has 1 saturated heterocycles. The second-order valence-electron chi connectivity index (χ2n) is 7.69. The number of anilines is 1. The van der Waals surface area contributed by atoms with Crippen LogP contribution in [0.4, 0.5) is 6.01 Å². The highest BCUT2D eigenvalue weighted by atomic mass is 16.4. The molecule has 0 bridgehead atoms. The van der Waals surface area contributed by atoms with Crippen molar-refractivity contribution in [1.82, 2.24) is 15.5 Å². The number of nitrogens with zero attached hydrogens (tertiary/aromatic N) is 3. The Morgan fingerprint density at radius 3 is 2.23 bits per heavy atom. The van der Waals surface area contributed by atoms with Crippen LogP contribution in [0.2, 0.25) is 0 Å². The third-order valence-electron chi connectivity index (χ3n) is 5.65. The standard InChI is InChI=1S/C24H28N4O2/c1-2-20(18-12-6-3-7-13-18)22(29)25-21(19-14-8-4-9-15-19)23-26-27-24(30-23)28-16-10-5-11-17-28/h3-4,6-9,12-15,20-21H,2,5,10-11,16-17H2,1H3,(H,25,29). The van der Waals surface area contributed by atoms with Gasteiger partial charge in [0.15, 0.2) is 0 Å². The molecule has 6 heteroatoms. The van der Waals surface area contributed by atoms with E-state index in [9.17, 15) is 4.79 Å². The maximum absolute atomic E-state index is 13.2. The van der Waals surface area contributed by atoms with Crippen molar-refractivity contribution in [3.8, 4) is 0 Å². The Morgan fingerprint density at radius 1 is 0.967 bits per heavy atom. The van der Waals surface area contributed by atoms with Crippen LogP contribution in [0.5, 0.6) is 0 Å². The highest BCUT2D eigenvalue weighted by Gasteiger charge is 2.28. The largest absolute Gasteiger partial charge is 0.405 e. The second kappa shape index (κ2) is 9.57. The van der Waals surface area contributed by atoms with Crippen LogP contribution in [0.15, 0.2) is 65.1 Å². The van der Waals surface area contributed by atoms with E-state index in [2.05, 4.69) is 20.4 Å². The Labute approximate surface area is 177 Å². The number of carbonyl (C=O) groups is 1. The van der Waals surface area contributed by atoms with Crippen LogP contribution in [0.1, 0.15) is 61.6 Å². The normalized spacial score (nSPS) is 16.1. The molecule has 1 aliphatic heterocycles. The van der Waals surface area contributed by atoms with Crippen molar-refractivity contribution in [1.29, 1.82) is 0 Å². The van der Waals surface area contributed by atoms with E-state index in [0.29, 0.717) is 18.3 Å². The van der Waals surface area contributed by atoms with Crippen molar-refractivity contribution in [3.05, 3.63) is 77.7 Å². The molecule has 0 saturated carbocycles. The smallest absolute Gasteiger partial charge is 0.318 e. The molecule has 0 radical (unpaired) electrons. The summed E-state index contributed by atoms with van der Waals surface area (Å²) >= 11 is 0. The zero-order chi connectivity index (χ0) is 20.8. The zero-order valence-corrected chi connectivity index (χ0v) is 17.3. The molecule has 2 unspecified atom stereocenters. The molecule has 2 atom stereocenters. The van der Waals surface area contributed by atoms with Gasteiger partial charge in [-0.1, -0.05) is 72.7 Å². The molecular weight excluding hydrogens is 376 g/mol. The third kappa shape index (κ3) is 4.53. The highest BCUT2D eigenvalue weighted by molar-refractivity contribution is 5.84. The first-order valence-electron chi connectivity index (χ1n) is 10.7. The monoisotopic (exact) mass is 404 g/mol. The molecule has 4 rings (SSSR count). The van der Waals surface area contributed by atoms with Crippen LogP contribution in [-0.4, -0.2) is 29.2 Å². The molecule has 1 aromatic heterocycles. The fourth-order valence-corrected chi connectivity index (χ4v) is 3.99. The summed E-state index contributed by atoms with van der Waals surface area (Å²) in [5.41, 5.74) is 1.92. The summed E-state index contributed by atoms with van der Waals surface area (Å²) in [6, 6.07) is 19.7. The minimum Gasteiger partial charge on any atom is -0.405 e. The Bertz CT molecular complexity index is 936. The van der Waals surface area contributed by atoms with Gasteiger partial charge in [0, 0.05) is 13.1 Å². The Kier molecular flexibility index (Phi) is 6.42. The van der Waals surface area contributed by atoms with Gasteiger partial charge in [-0.15, -0.1) is 5.10 Å². The van der Waals surface area contributed by atoms with Gasteiger partial charge in [-0.05, 0) is 36.8 Å². The fourth-order valence-electron chi connectivity index (χ4n) is 3.99. The van der Waals surface area contributed by atoms with E-state index in [1.165, 1.54) is 6.42 Å². The molecule has 1 amide bonds. The van der Waals surface area contributed by atoms with Gasteiger partial charge < -0.3 is 14.6 Å². The summed E-state index contributed by atoms with van der Waals surface area (Å²) in [5.74, 6) is 0.134. The van der Waals surface area contributed by atoms with Crippen molar-refractivity contribution in [3.63, 3.8) is 0 Å². The first kappa shape index (κ1) is 20.1. The van der Waals surface area contributed by atoms with Crippen LogP contribution in [0, 0.1) is 0 Å². The number of aromatic nitrogens is 2. The van der Waals surface area contributed by atoms with E-state index < -0.39 is 6.04 Å². The van der Waals surface area contributed by atoms with Crippen molar-refractivity contribution in [2.24, 2.45) is 0 Å². The number of nitrogens with one attached hydrogen (secondary N) is 1. The SMILES string of the molecule is CCC(C(=O)NC(c1ccccc1)c1nnc(N2CCCCC2)o1)c1ccccc1. The number of amides is 1. The van der Waals surface area contributed by atoms with Gasteiger partial charge >= 0.3 is 6.01 Å². The van der Waals surface area contributed by atoms with E-state index >= 15 is 0 Å². The molecule has 6 nitrogen and oxygen atoms in total. The topological polar surface area (TPSA) is 71.3 Å². The van der Waals surface area contributed by atoms with E-state index in [1.807, 2.05) is 67.6 Å². The molecular formula is C24H28N4O2. The summed E-state index contributed by atoms with van der Waals surface area (Å²) in [6.45, 7) is 3.88. The van der Waals surface area contributed by atoms with Gasteiger partial charge in [-0.2, -0.15) is 0 Å². The van der Waals surface area contributed by atoms with Crippen LogP contribution in [0.25, 0.3) is 0 Å². The third-order valence-corrected chi connectivity index (χ3v) is 5.65. The maximum atomic E-state index is 13.2. The Balaban J connectivity index is 1.59. The average Bonchev–Trinajstić information content (AvgIpc) is 3.30. The molecule has 0 spiro atoms.